The molecule has 0 saturated carbocycles. The van der Waals surface area contributed by atoms with E-state index in [1.54, 1.807) is 44.6 Å². The number of nitriles is 1. The van der Waals surface area contributed by atoms with Gasteiger partial charge in [-0.05, 0) is 30.3 Å². The Kier molecular flexibility index (Phi) is 4.06. The van der Waals surface area contributed by atoms with E-state index in [0.717, 1.165) is 0 Å². The number of methoxy groups -OCH3 is 2. The third-order valence-corrected chi connectivity index (χ3v) is 2.78. The summed E-state index contributed by atoms with van der Waals surface area (Å²) in [6.07, 6.45) is 0. The predicted molar refractivity (Wildman–Crippen MR) is 73.9 cm³/mol. The first kappa shape index (κ1) is 13.7. The van der Waals surface area contributed by atoms with E-state index in [1.165, 1.54) is 12.1 Å². The van der Waals surface area contributed by atoms with Gasteiger partial charge in [0, 0.05) is 11.8 Å². The molecule has 0 radical (unpaired) electrons. The van der Waals surface area contributed by atoms with E-state index in [0.29, 0.717) is 22.9 Å². The van der Waals surface area contributed by atoms with Crippen LogP contribution < -0.4 is 14.8 Å². The maximum Gasteiger partial charge on any atom is 0.145 e. The van der Waals surface area contributed by atoms with Crippen LogP contribution in [0.2, 0.25) is 0 Å². The molecule has 5 heteroatoms. The molecule has 0 aliphatic heterocycles. The lowest BCUT2D eigenvalue weighted by molar-refractivity contribution is 0.395. The van der Waals surface area contributed by atoms with Crippen LogP contribution in [0.5, 0.6) is 11.5 Å². The second-order valence-electron chi connectivity index (χ2n) is 4.00. The zero-order chi connectivity index (χ0) is 14.5. The summed E-state index contributed by atoms with van der Waals surface area (Å²) >= 11 is 0. The van der Waals surface area contributed by atoms with Gasteiger partial charge >= 0.3 is 0 Å². The number of hydrogen-bond donors (Lipinski definition) is 1. The van der Waals surface area contributed by atoms with Gasteiger partial charge in [0.25, 0.3) is 0 Å². The second kappa shape index (κ2) is 5.93. The topological polar surface area (TPSA) is 54.3 Å². The SMILES string of the molecule is COc1ccc(Nc2ccc(C#N)c(F)c2)c(OC)c1. The fourth-order valence-corrected chi connectivity index (χ4v) is 1.74. The zero-order valence-electron chi connectivity index (χ0n) is 11.1. The van der Waals surface area contributed by atoms with Crippen molar-refractivity contribution in [2.45, 2.75) is 0 Å². The summed E-state index contributed by atoms with van der Waals surface area (Å²) in [5.74, 6) is 0.678. The summed E-state index contributed by atoms with van der Waals surface area (Å²) in [5, 5.41) is 11.7. The highest BCUT2D eigenvalue weighted by Crippen LogP contribution is 2.31. The quantitative estimate of drug-likeness (QED) is 0.926. The highest BCUT2D eigenvalue weighted by Gasteiger charge is 2.07. The first-order valence-corrected chi connectivity index (χ1v) is 5.86. The lowest BCUT2D eigenvalue weighted by atomic mass is 10.2. The van der Waals surface area contributed by atoms with Crippen molar-refractivity contribution in [3.8, 4) is 17.6 Å². The summed E-state index contributed by atoms with van der Waals surface area (Å²) in [6.45, 7) is 0. The minimum Gasteiger partial charge on any atom is -0.497 e. The molecule has 0 heterocycles. The van der Waals surface area contributed by atoms with Crippen molar-refractivity contribution in [2.24, 2.45) is 0 Å². The molecule has 0 fully saturated rings. The lowest BCUT2D eigenvalue weighted by Gasteiger charge is -2.12. The maximum absolute atomic E-state index is 13.5. The van der Waals surface area contributed by atoms with Gasteiger partial charge in [-0.25, -0.2) is 4.39 Å². The number of halogens is 1. The van der Waals surface area contributed by atoms with Crippen molar-refractivity contribution in [1.82, 2.24) is 0 Å². The van der Waals surface area contributed by atoms with E-state index >= 15 is 0 Å². The van der Waals surface area contributed by atoms with Gasteiger partial charge in [0.2, 0.25) is 0 Å². The fourth-order valence-electron chi connectivity index (χ4n) is 1.74. The fraction of sp³-hybridized carbons (Fsp3) is 0.133. The molecule has 0 unspecified atom stereocenters. The van der Waals surface area contributed by atoms with Gasteiger partial charge in [0.1, 0.15) is 23.4 Å². The molecular formula is C15H13FN2O2. The molecule has 4 nitrogen and oxygen atoms in total. The molecule has 2 aromatic carbocycles. The Morgan fingerprint density at radius 2 is 1.90 bits per heavy atom. The Balaban J connectivity index is 2.30. The van der Waals surface area contributed by atoms with Crippen molar-refractivity contribution in [3.05, 3.63) is 47.8 Å². The van der Waals surface area contributed by atoms with Crippen LogP contribution in [0.25, 0.3) is 0 Å². The third kappa shape index (κ3) is 2.81. The van der Waals surface area contributed by atoms with Crippen LogP contribution >= 0.6 is 0 Å². The molecule has 2 rings (SSSR count). The summed E-state index contributed by atoms with van der Waals surface area (Å²) in [7, 11) is 3.11. The monoisotopic (exact) mass is 272 g/mol. The van der Waals surface area contributed by atoms with Crippen LogP contribution in [-0.4, -0.2) is 14.2 Å². The van der Waals surface area contributed by atoms with Crippen molar-refractivity contribution in [3.63, 3.8) is 0 Å². The number of ether oxygens (including phenoxy) is 2. The Morgan fingerprint density at radius 3 is 2.50 bits per heavy atom. The first-order chi connectivity index (χ1) is 9.67. The van der Waals surface area contributed by atoms with Crippen LogP contribution in [0, 0.1) is 17.1 Å². The molecule has 1 N–H and O–H groups in total. The van der Waals surface area contributed by atoms with Gasteiger partial charge in [-0.3, -0.25) is 0 Å². The molecule has 0 amide bonds. The van der Waals surface area contributed by atoms with Gasteiger partial charge in [-0.2, -0.15) is 5.26 Å². The normalized spacial score (nSPS) is 9.70. The van der Waals surface area contributed by atoms with E-state index in [1.807, 2.05) is 0 Å². The molecule has 0 spiro atoms. The van der Waals surface area contributed by atoms with Crippen LogP contribution in [-0.2, 0) is 0 Å². The van der Waals surface area contributed by atoms with Crippen LogP contribution in [0.4, 0.5) is 15.8 Å². The largest absolute Gasteiger partial charge is 0.497 e. The van der Waals surface area contributed by atoms with Crippen molar-refractivity contribution < 1.29 is 13.9 Å². The molecule has 0 aromatic heterocycles. The number of anilines is 2. The van der Waals surface area contributed by atoms with Crippen molar-refractivity contribution in [1.29, 1.82) is 5.26 Å². The van der Waals surface area contributed by atoms with Gasteiger partial charge in [-0.15, -0.1) is 0 Å². The number of benzene rings is 2. The Morgan fingerprint density at radius 1 is 1.10 bits per heavy atom. The van der Waals surface area contributed by atoms with E-state index in [-0.39, 0.29) is 5.56 Å². The van der Waals surface area contributed by atoms with Crippen molar-refractivity contribution in [2.75, 3.05) is 19.5 Å². The maximum atomic E-state index is 13.5. The molecular weight excluding hydrogens is 259 g/mol. The molecule has 0 aliphatic rings. The second-order valence-corrected chi connectivity index (χ2v) is 4.00. The number of nitrogens with zero attached hydrogens (tertiary/aromatic N) is 1. The standard InChI is InChI=1S/C15H13FN2O2/c1-19-12-5-6-14(15(8-12)20-2)18-11-4-3-10(9-17)13(16)7-11/h3-8,18H,1-2H3. The van der Waals surface area contributed by atoms with Crippen molar-refractivity contribution >= 4 is 11.4 Å². The van der Waals surface area contributed by atoms with Gasteiger partial charge in [0.15, 0.2) is 0 Å². The number of rotatable bonds is 4. The predicted octanol–water partition coefficient (Wildman–Crippen LogP) is 3.46. The molecule has 20 heavy (non-hydrogen) atoms. The van der Waals surface area contributed by atoms with Gasteiger partial charge in [-0.1, -0.05) is 0 Å². The van der Waals surface area contributed by atoms with Gasteiger partial charge < -0.3 is 14.8 Å². The number of hydrogen-bond acceptors (Lipinski definition) is 4. The van der Waals surface area contributed by atoms with E-state index in [4.69, 9.17) is 14.7 Å². The molecule has 0 aliphatic carbocycles. The van der Waals surface area contributed by atoms with E-state index in [2.05, 4.69) is 5.32 Å². The molecule has 102 valence electrons. The van der Waals surface area contributed by atoms with E-state index in [9.17, 15) is 4.39 Å². The molecule has 2 aromatic rings. The third-order valence-electron chi connectivity index (χ3n) is 2.78. The Hall–Kier alpha value is -2.74. The smallest absolute Gasteiger partial charge is 0.145 e. The summed E-state index contributed by atoms with van der Waals surface area (Å²) in [6, 6.07) is 11.4. The van der Waals surface area contributed by atoms with Crippen LogP contribution in [0.15, 0.2) is 36.4 Å². The number of nitrogens with one attached hydrogen (secondary N) is 1. The van der Waals surface area contributed by atoms with Crippen LogP contribution in [0.1, 0.15) is 5.56 Å². The summed E-state index contributed by atoms with van der Waals surface area (Å²) < 4.78 is 23.9. The summed E-state index contributed by atoms with van der Waals surface area (Å²) in [4.78, 5) is 0. The lowest BCUT2D eigenvalue weighted by Crippen LogP contribution is -1.96. The zero-order valence-corrected chi connectivity index (χ0v) is 11.1. The Labute approximate surface area is 116 Å². The summed E-state index contributed by atoms with van der Waals surface area (Å²) in [5.41, 5.74) is 1.22. The first-order valence-electron chi connectivity index (χ1n) is 5.86. The average Bonchev–Trinajstić information content (AvgIpc) is 2.48. The average molecular weight is 272 g/mol. The highest BCUT2D eigenvalue weighted by molar-refractivity contribution is 5.68. The van der Waals surface area contributed by atoms with Crippen LogP contribution in [0.3, 0.4) is 0 Å². The highest BCUT2D eigenvalue weighted by atomic mass is 19.1. The minimum absolute atomic E-state index is 0.0113. The Bertz CT molecular complexity index is 665. The van der Waals surface area contributed by atoms with E-state index < -0.39 is 5.82 Å². The molecule has 0 saturated heterocycles. The molecule has 0 bridgehead atoms. The molecule has 0 atom stereocenters. The van der Waals surface area contributed by atoms with Gasteiger partial charge in [0.05, 0.1) is 25.5 Å². The minimum atomic E-state index is -0.565.